The summed E-state index contributed by atoms with van der Waals surface area (Å²) in [6.45, 7) is 2.11. The molecule has 8 nitrogen and oxygen atoms in total. The van der Waals surface area contributed by atoms with Crippen LogP contribution in [0.15, 0.2) is 59.6 Å². The minimum atomic E-state index is -4.37. The van der Waals surface area contributed by atoms with Crippen molar-refractivity contribution in [3.8, 4) is 17.4 Å². The van der Waals surface area contributed by atoms with E-state index in [2.05, 4.69) is 4.98 Å². The van der Waals surface area contributed by atoms with Gasteiger partial charge in [0.15, 0.2) is 0 Å². The molecule has 10 heteroatoms. The predicted molar refractivity (Wildman–Crippen MR) is 123 cm³/mol. The van der Waals surface area contributed by atoms with Gasteiger partial charge in [0.05, 0.1) is 26.5 Å². The van der Waals surface area contributed by atoms with Crippen LogP contribution in [0.1, 0.15) is 18.1 Å². The molecular weight excluding hydrogens is 468 g/mol. The second-order valence-electron chi connectivity index (χ2n) is 6.92. The Morgan fingerprint density at radius 1 is 1.03 bits per heavy atom. The zero-order valence-corrected chi connectivity index (χ0v) is 19.6. The van der Waals surface area contributed by atoms with Crippen LogP contribution in [-0.2, 0) is 14.8 Å². The number of benzene rings is 2. The van der Waals surface area contributed by atoms with Crippen molar-refractivity contribution in [1.82, 2.24) is 4.98 Å². The standard InChI is InChI=1S/C23H20ClN2O6S/c1-4-32-22-16(6-5-11-25-22)21-17-12-14(24)7-9-18(17)26(23(21)27)33(28,29)20-10-8-15(30-2)13-19(20)31-3/h5-13H,4H2,1-3H3. The van der Waals surface area contributed by atoms with Crippen molar-refractivity contribution in [2.24, 2.45) is 0 Å². The average molecular weight is 488 g/mol. The van der Waals surface area contributed by atoms with Crippen LogP contribution in [0.3, 0.4) is 0 Å². The van der Waals surface area contributed by atoms with Crippen LogP contribution in [-0.4, -0.2) is 40.1 Å². The maximum absolute atomic E-state index is 13.8. The summed E-state index contributed by atoms with van der Waals surface area (Å²) in [5, 5.41) is 0.349. The van der Waals surface area contributed by atoms with Crippen molar-refractivity contribution in [2.75, 3.05) is 25.1 Å². The lowest BCUT2D eigenvalue weighted by atomic mass is 9.93. The second-order valence-corrected chi connectivity index (χ2v) is 9.11. The summed E-state index contributed by atoms with van der Waals surface area (Å²) in [6.07, 6.45) is 1.53. The number of fused-ring (bicyclic) bond motifs is 1. The van der Waals surface area contributed by atoms with Crippen LogP contribution in [0, 0.1) is 5.92 Å². The molecule has 0 spiro atoms. The summed E-state index contributed by atoms with van der Waals surface area (Å²) in [6, 6.07) is 12.1. The van der Waals surface area contributed by atoms with E-state index >= 15 is 0 Å². The van der Waals surface area contributed by atoms with Crippen molar-refractivity contribution >= 4 is 33.2 Å². The van der Waals surface area contributed by atoms with Gasteiger partial charge in [-0.15, -0.1) is 0 Å². The number of carbonyl (C=O) groups is 1. The molecule has 171 valence electrons. The largest absolute Gasteiger partial charge is 0.497 e. The SMILES string of the molecule is CCOc1ncccc1[C]1C(=O)N(S(=O)(=O)c2ccc(OC)cc2OC)c2ccc(Cl)cc21. The molecule has 3 aromatic rings. The monoisotopic (exact) mass is 487 g/mol. The molecule has 0 N–H and O–H groups in total. The number of nitrogens with zero attached hydrogens (tertiary/aromatic N) is 2. The van der Waals surface area contributed by atoms with Gasteiger partial charge in [-0.1, -0.05) is 17.7 Å². The number of halogens is 1. The molecule has 1 radical (unpaired) electrons. The van der Waals surface area contributed by atoms with Gasteiger partial charge in [-0.25, -0.2) is 17.7 Å². The number of amides is 1. The third-order valence-electron chi connectivity index (χ3n) is 5.06. The zero-order valence-electron chi connectivity index (χ0n) is 18.0. The summed E-state index contributed by atoms with van der Waals surface area (Å²) in [5.41, 5.74) is 0.897. The number of aromatic nitrogens is 1. The molecule has 1 aromatic heterocycles. The predicted octanol–water partition coefficient (Wildman–Crippen LogP) is 3.86. The number of pyridine rings is 1. The Kier molecular flexibility index (Phi) is 6.18. The van der Waals surface area contributed by atoms with Crippen molar-refractivity contribution in [3.63, 3.8) is 0 Å². The van der Waals surface area contributed by atoms with E-state index in [4.69, 9.17) is 25.8 Å². The van der Waals surface area contributed by atoms with Crippen molar-refractivity contribution in [1.29, 1.82) is 0 Å². The molecular formula is C23H20ClN2O6S. The first-order valence-electron chi connectivity index (χ1n) is 9.90. The van der Waals surface area contributed by atoms with Crippen LogP contribution >= 0.6 is 11.6 Å². The van der Waals surface area contributed by atoms with Gasteiger partial charge >= 0.3 is 0 Å². The highest BCUT2D eigenvalue weighted by atomic mass is 35.5. The lowest BCUT2D eigenvalue weighted by molar-refractivity contribution is -0.114. The number of hydrogen-bond acceptors (Lipinski definition) is 7. The van der Waals surface area contributed by atoms with E-state index in [9.17, 15) is 13.2 Å². The Bertz CT molecular complexity index is 1330. The number of hydrogen-bond donors (Lipinski definition) is 0. The fourth-order valence-corrected chi connectivity index (χ4v) is 5.36. The van der Waals surface area contributed by atoms with E-state index in [-0.39, 0.29) is 28.1 Å². The minimum absolute atomic E-state index is 0.0440. The molecule has 1 aliphatic heterocycles. The van der Waals surface area contributed by atoms with Gasteiger partial charge in [0.1, 0.15) is 22.3 Å². The number of rotatable bonds is 7. The molecule has 4 rings (SSSR count). The first kappa shape index (κ1) is 22.9. The van der Waals surface area contributed by atoms with E-state index in [1.807, 2.05) is 0 Å². The van der Waals surface area contributed by atoms with Crippen LogP contribution in [0.4, 0.5) is 5.69 Å². The molecule has 0 aliphatic carbocycles. The number of sulfonamides is 1. The second kappa shape index (κ2) is 8.92. The number of anilines is 1. The normalized spacial score (nSPS) is 13.7. The van der Waals surface area contributed by atoms with Crippen molar-refractivity contribution in [3.05, 3.63) is 76.8 Å². The molecule has 1 amide bonds. The van der Waals surface area contributed by atoms with E-state index in [0.29, 0.717) is 28.5 Å². The van der Waals surface area contributed by atoms with E-state index in [0.717, 1.165) is 4.31 Å². The van der Waals surface area contributed by atoms with E-state index in [1.54, 1.807) is 25.1 Å². The van der Waals surface area contributed by atoms with Gasteiger partial charge < -0.3 is 14.2 Å². The van der Waals surface area contributed by atoms with Gasteiger partial charge in [0, 0.05) is 28.4 Å². The Labute approximate surface area is 196 Å². The smallest absolute Gasteiger partial charge is 0.274 e. The first-order chi connectivity index (χ1) is 15.8. The lowest BCUT2D eigenvalue weighted by Crippen LogP contribution is -2.36. The van der Waals surface area contributed by atoms with Gasteiger partial charge in [-0.2, -0.15) is 0 Å². The number of methoxy groups -OCH3 is 2. The molecule has 0 bridgehead atoms. The van der Waals surface area contributed by atoms with Crippen LogP contribution < -0.4 is 18.5 Å². The first-order valence-corrected chi connectivity index (χ1v) is 11.7. The molecule has 33 heavy (non-hydrogen) atoms. The summed E-state index contributed by atoms with van der Waals surface area (Å²) in [7, 11) is -1.57. The highest BCUT2D eigenvalue weighted by Gasteiger charge is 2.47. The molecule has 1 aliphatic rings. The van der Waals surface area contributed by atoms with Crippen LogP contribution in [0.25, 0.3) is 0 Å². The van der Waals surface area contributed by atoms with Crippen molar-refractivity contribution in [2.45, 2.75) is 11.8 Å². The molecule has 0 atom stereocenters. The van der Waals surface area contributed by atoms with E-state index < -0.39 is 15.9 Å². The highest BCUT2D eigenvalue weighted by molar-refractivity contribution is 7.93. The third-order valence-corrected chi connectivity index (χ3v) is 7.03. The quantitative estimate of drug-likeness (QED) is 0.499. The minimum Gasteiger partial charge on any atom is -0.497 e. The molecule has 2 aromatic carbocycles. The Morgan fingerprint density at radius 3 is 2.52 bits per heavy atom. The third kappa shape index (κ3) is 3.87. The van der Waals surface area contributed by atoms with E-state index in [1.165, 1.54) is 50.7 Å². The lowest BCUT2D eigenvalue weighted by Gasteiger charge is -2.20. The summed E-state index contributed by atoms with van der Waals surface area (Å²) < 4.78 is 44.3. The molecule has 0 unspecified atom stereocenters. The van der Waals surface area contributed by atoms with Crippen molar-refractivity contribution < 1.29 is 27.4 Å². The fourth-order valence-electron chi connectivity index (χ4n) is 3.63. The number of ether oxygens (including phenoxy) is 3. The summed E-state index contributed by atoms with van der Waals surface area (Å²) in [5.74, 6) is 0.0481. The Balaban J connectivity index is 1.91. The highest BCUT2D eigenvalue weighted by Crippen LogP contribution is 2.47. The van der Waals surface area contributed by atoms with Gasteiger partial charge in [0.25, 0.3) is 15.9 Å². The number of carbonyl (C=O) groups excluding carboxylic acids is 1. The van der Waals surface area contributed by atoms with Gasteiger partial charge in [0.2, 0.25) is 5.88 Å². The maximum Gasteiger partial charge on any atom is 0.274 e. The molecule has 0 saturated carbocycles. The zero-order chi connectivity index (χ0) is 23.8. The molecule has 0 fully saturated rings. The van der Waals surface area contributed by atoms with Crippen LogP contribution in [0.2, 0.25) is 5.02 Å². The maximum atomic E-state index is 13.8. The summed E-state index contributed by atoms with van der Waals surface area (Å²) in [4.78, 5) is 17.7. The summed E-state index contributed by atoms with van der Waals surface area (Å²) >= 11 is 6.21. The average Bonchev–Trinajstić information content (AvgIpc) is 3.10. The van der Waals surface area contributed by atoms with Crippen LogP contribution in [0.5, 0.6) is 17.4 Å². The topological polar surface area (TPSA) is 95.0 Å². The fraction of sp³-hybridized carbons (Fsp3) is 0.174. The molecule has 2 heterocycles. The van der Waals surface area contributed by atoms with Gasteiger partial charge in [-0.05, 0) is 43.3 Å². The Hall–Kier alpha value is -3.30. The molecule has 0 saturated heterocycles. The van der Waals surface area contributed by atoms with Gasteiger partial charge in [-0.3, -0.25) is 4.79 Å². The Morgan fingerprint density at radius 2 is 1.82 bits per heavy atom.